The first-order valence-corrected chi connectivity index (χ1v) is 10.3. The van der Waals surface area contributed by atoms with E-state index in [9.17, 15) is 4.79 Å². The summed E-state index contributed by atoms with van der Waals surface area (Å²) >= 11 is 1.52. The molecule has 6 heteroatoms. The van der Waals surface area contributed by atoms with E-state index in [2.05, 4.69) is 18.0 Å². The van der Waals surface area contributed by atoms with E-state index in [1.54, 1.807) is 29.4 Å². The summed E-state index contributed by atoms with van der Waals surface area (Å²) < 4.78 is 6.55. The second kappa shape index (κ2) is 8.41. The highest BCUT2D eigenvalue weighted by atomic mass is 32.1. The zero-order valence-electron chi connectivity index (χ0n) is 16.3. The molecule has 4 aromatic rings. The number of pyridine rings is 1. The molecule has 0 aliphatic carbocycles. The van der Waals surface area contributed by atoms with Crippen LogP contribution in [0.2, 0.25) is 0 Å². The predicted octanol–water partition coefficient (Wildman–Crippen LogP) is 5.25. The number of aryl methyl sites for hydroxylation is 1. The fourth-order valence-electron chi connectivity index (χ4n) is 3.05. The van der Waals surface area contributed by atoms with Crippen molar-refractivity contribution in [2.24, 2.45) is 0 Å². The van der Waals surface area contributed by atoms with Gasteiger partial charge in [-0.1, -0.05) is 23.5 Å². The third-order valence-corrected chi connectivity index (χ3v) is 5.53. The summed E-state index contributed by atoms with van der Waals surface area (Å²) in [6.45, 7) is 4.98. The number of rotatable bonds is 6. The maximum atomic E-state index is 13.4. The number of thiazole rings is 1. The lowest BCUT2D eigenvalue weighted by molar-refractivity contribution is 0.0985. The largest absolute Gasteiger partial charge is 0.494 e. The smallest absolute Gasteiger partial charge is 0.260 e. The first-order valence-electron chi connectivity index (χ1n) is 9.45. The molecule has 2 aromatic heterocycles. The van der Waals surface area contributed by atoms with Crippen LogP contribution in [0.15, 0.2) is 67.0 Å². The summed E-state index contributed by atoms with van der Waals surface area (Å²) in [4.78, 5) is 24.0. The highest BCUT2D eigenvalue weighted by Gasteiger charge is 2.22. The first-order chi connectivity index (χ1) is 14.1. The molecule has 0 saturated heterocycles. The quantitative estimate of drug-likeness (QED) is 0.441. The third-order valence-electron chi connectivity index (χ3n) is 4.48. The van der Waals surface area contributed by atoms with E-state index in [1.807, 2.05) is 43.3 Å². The van der Waals surface area contributed by atoms with E-state index >= 15 is 0 Å². The lowest BCUT2D eigenvalue weighted by Crippen LogP contribution is -2.30. The van der Waals surface area contributed by atoms with Crippen molar-refractivity contribution in [1.29, 1.82) is 0 Å². The van der Waals surface area contributed by atoms with Gasteiger partial charge in [0.15, 0.2) is 5.13 Å². The maximum absolute atomic E-state index is 13.4. The van der Waals surface area contributed by atoms with Crippen molar-refractivity contribution in [3.05, 3.63) is 83.7 Å². The zero-order valence-corrected chi connectivity index (χ0v) is 17.1. The van der Waals surface area contributed by atoms with Crippen molar-refractivity contribution in [3.8, 4) is 5.75 Å². The molecule has 0 bridgehead atoms. The minimum absolute atomic E-state index is 0.104. The van der Waals surface area contributed by atoms with Crippen LogP contribution in [0, 0.1) is 6.92 Å². The number of ether oxygens (including phenoxy) is 1. The van der Waals surface area contributed by atoms with Gasteiger partial charge in [0, 0.05) is 18.0 Å². The number of carbonyl (C=O) groups excluding carboxylic acids is 1. The third kappa shape index (κ3) is 4.27. The molecule has 146 valence electrons. The summed E-state index contributed by atoms with van der Waals surface area (Å²) in [5, 5.41) is 0.674. The number of aromatic nitrogens is 2. The first kappa shape index (κ1) is 19.1. The van der Waals surface area contributed by atoms with Crippen LogP contribution >= 0.6 is 11.3 Å². The van der Waals surface area contributed by atoms with Crippen LogP contribution in [0.3, 0.4) is 0 Å². The average Bonchev–Trinajstić information content (AvgIpc) is 3.16. The fourth-order valence-corrected chi connectivity index (χ4v) is 4.11. The molecule has 4 rings (SSSR count). The molecular weight excluding hydrogens is 382 g/mol. The Hall–Kier alpha value is -3.25. The van der Waals surface area contributed by atoms with Crippen LogP contribution in [-0.4, -0.2) is 22.5 Å². The van der Waals surface area contributed by atoms with Crippen molar-refractivity contribution in [2.45, 2.75) is 20.4 Å². The van der Waals surface area contributed by atoms with Crippen LogP contribution in [0.5, 0.6) is 5.75 Å². The van der Waals surface area contributed by atoms with Gasteiger partial charge in [0.2, 0.25) is 0 Å². The van der Waals surface area contributed by atoms with Gasteiger partial charge >= 0.3 is 0 Å². The van der Waals surface area contributed by atoms with E-state index in [0.717, 1.165) is 21.5 Å². The zero-order chi connectivity index (χ0) is 20.2. The number of hydrogen-bond acceptors (Lipinski definition) is 5. The molecule has 0 radical (unpaired) electrons. The van der Waals surface area contributed by atoms with Crippen molar-refractivity contribution >= 4 is 32.6 Å². The number of amides is 1. The van der Waals surface area contributed by atoms with Gasteiger partial charge in [-0.2, -0.15) is 0 Å². The minimum atomic E-state index is -0.104. The predicted molar refractivity (Wildman–Crippen MR) is 117 cm³/mol. The minimum Gasteiger partial charge on any atom is -0.494 e. The standard InChI is InChI=1S/C23H21N3O2S/c1-3-28-19-9-7-18(8-10-19)22(27)26(15-17-5-4-12-24-14-17)23-25-20-11-6-16(2)13-21(20)29-23/h4-14H,3,15H2,1-2H3. The lowest BCUT2D eigenvalue weighted by Gasteiger charge is -2.20. The van der Waals surface area contributed by atoms with Crippen LogP contribution in [0.1, 0.15) is 28.4 Å². The van der Waals surface area contributed by atoms with Gasteiger partial charge in [-0.15, -0.1) is 0 Å². The van der Waals surface area contributed by atoms with Crippen LogP contribution in [0.4, 0.5) is 5.13 Å². The molecular formula is C23H21N3O2S. The van der Waals surface area contributed by atoms with Crippen LogP contribution < -0.4 is 9.64 Å². The molecule has 2 heterocycles. The van der Waals surface area contributed by atoms with E-state index in [4.69, 9.17) is 9.72 Å². The molecule has 0 aliphatic heterocycles. The number of nitrogens with zero attached hydrogens (tertiary/aromatic N) is 3. The van der Waals surface area contributed by atoms with Crippen molar-refractivity contribution < 1.29 is 9.53 Å². The van der Waals surface area contributed by atoms with Crippen molar-refractivity contribution in [1.82, 2.24) is 9.97 Å². The summed E-state index contributed by atoms with van der Waals surface area (Å²) in [6.07, 6.45) is 3.50. The highest BCUT2D eigenvalue weighted by Crippen LogP contribution is 2.31. The average molecular weight is 404 g/mol. The summed E-state index contributed by atoms with van der Waals surface area (Å²) in [7, 11) is 0. The van der Waals surface area contributed by atoms with E-state index in [1.165, 1.54) is 16.9 Å². The number of hydrogen-bond donors (Lipinski definition) is 0. The fraction of sp³-hybridized carbons (Fsp3) is 0.174. The molecule has 0 N–H and O–H groups in total. The van der Waals surface area contributed by atoms with E-state index in [-0.39, 0.29) is 5.91 Å². The van der Waals surface area contributed by atoms with Crippen molar-refractivity contribution in [2.75, 3.05) is 11.5 Å². The van der Waals surface area contributed by atoms with Gasteiger partial charge in [0.25, 0.3) is 5.91 Å². The Morgan fingerprint density at radius 2 is 1.97 bits per heavy atom. The lowest BCUT2D eigenvalue weighted by atomic mass is 10.2. The maximum Gasteiger partial charge on any atom is 0.260 e. The second-order valence-electron chi connectivity index (χ2n) is 6.68. The molecule has 5 nitrogen and oxygen atoms in total. The molecule has 0 atom stereocenters. The van der Waals surface area contributed by atoms with Gasteiger partial charge in [-0.05, 0) is 67.4 Å². The van der Waals surface area contributed by atoms with Gasteiger partial charge in [-0.25, -0.2) is 4.98 Å². The molecule has 0 aliphatic rings. The Morgan fingerprint density at radius 1 is 1.14 bits per heavy atom. The number of anilines is 1. The topological polar surface area (TPSA) is 55.3 Å². The Morgan fingerprint density at radius 3 is 2.69 bits per heavy atom. The van der Waals surface area contributed by atoms with Crippen LogP contribution in [0.25, 0.3) is 10.2 Å². The van der Waals surface area contributed by atoms with Crippen molar-refractivity contribution in [3.63, 3.8) is 0 Å². The molecule has 0 fully saturated rings. The molecule has 0 saturated carbocycles. The number of benzene rings is 2. The number of fused-ring (bicyclic) bond motifs is 1. The SMILES string of the molecule is CCOc1ccc(C(=O)N(Cc2cccnc2)c2nc3ccc(C)cc3s2)cc1. The Balaban J connectivity index is 1.71. The van der Waals surface area contributed by atoms with Gasteiger partial charge in [0.1, 0.15) is 5.75 Å². The normalized spacial score (nSPS) is 10.8. The molecule has 0 unspecified atom stereocenters. The summed E-state index contributed by atoms with van der Waals surface area (Å²) in [6, 6.07) is 17.2. The number of carbonyl (C=O) groups is 1. The van der Waals surface area contributed by atoms with Gasteiger partial charge in [0.05, 0.1) is 23.4 Å². The Bertz CT molecular complexity index is 1120. The van der Waals surface area contributed by atoms with E-state index in [0.29, 0.717) is 23.8 Å². The molecule has 29 heavy (non-hydrogen) atoms. The highest BCUT2D eigenvalue weighted by molar-refractivity contribution is 7.22. The molecule has 0 spiro atoms. The Labute approximate surface area is 173 Å². The summed E-state index contributed by atoms with van der Waals surface area (Å²) in [5.74, 6) is 0.644. The van der Waals surface area contributed by atoms with Gasteiger partial charge < -0.3 is 4.74 Å². The summed E-state index contributed by atoms with van der Waals surface area (Å²) in [5.41, 5.74) is 3.60. The van der Waals surface area contributed by atoms with Gasteiger partial charge in [-0.3, -0.25) is 14.7 Å². The van der Waals surface area contributed by atoms with Crippen LogP contribution in [-0.2, 0) is 6.54 Å². The molecule has 1 amide bonds. The molecule has 2 aromatic carbocycles. The monoisotopic (exact) mass is 403 g/mol. The second-order valence-corrected chi connectivity index (χ2v) is 7.69. The Kier molecular flexibility index (Phi) is 5.53. The van der Waals surface area contributed by atoms with E-state index < -0.39 is 0 Å².